The fourth-order valence-electron chi connectivity index (χ4n) is 3.04. The Morgan fingerprint density at radius 3 is 2.59 bits per heavy atom. The van der Waals surface area contributed by atoms with Gasteiger partial charge in [-0.3, -0.25) is 9.59 Å². The summed E-state index contributed by atoms with van der Waals surface area (Å²) in [5, 5.41) is 17.9. The van der Waals surface area contributed by atoms with E-state index in [0.717, 1.165) is 40.1 Å². The van der Waals surface area contributed by atoms with Crippen LogP contribution < -0.4 is 10.6 Å². The number of thiophene rings is 1. The molecule has 1 aromatic heterocycles. The minimum absolute atomic E-state index is 0.00199. The van der Waals surface area contributed by atoms with Gasteiger partial charge in [-0.25, -0.2) is 0 Å². The SMILES string of the molecule is CCCCC(=O)Nc1cccc(SCC(=O)Nc2scc(-c3ccc(C)cc3)c2C#N)c1. The molecular weight excluding hydrogens is 438 g/mol. The van der Waals surface area contributed by atoms with Gasteiger partial charge in [0.1, 0.15) is 11.1 Å². The lowest BCUT2D eigenvalue weighted by Gasteiger charge is -2.08. The highest BCUT2D eigenvalue weighted by atomic mass is 32.2. The Bertz CT molecular complexity index is 1130. The summed E-state index contributed by atoms with van der Waals surface area (Å²) in [5.41, 5.74) is 4.14. The second-order valence-corrected chi connectivity index (χ2v) is 9.28. The van der Waals surface area contributed by atoms with Gasteiger partial charge in [0.05, 0.1) is 11.3 Å². The van der Waals surface area contributed by atoms with Crippen molar-refractivity contribution in [3.05, 3.63) is 65.0 Å². The third-order valence-corrected chi connectivity index (χ3v) is 6.65. The van der Waals surface area contributed by atoms with Crippen molar-refractivity contribution in [3.8, 4) is 17.2 Å². The highest BCUT2D eigenvalue weighted by Gasteiger charge is 2.15. The van der Waals surface area contributed by atoms with Crippen LogP contribution in [0.3, 0.4) is 0 Å². The van der Waals surface area contributed by atoms with Gasteiger partial charge in [-0.1, -0.05) is 49.2 Å². The van der Waals surface area contributed by atoms with E-state index >= 15 is 0 Å². The van der Waals surface area contributed by atoms with Crippen molar-refractivity contribution in [1.29, 1.82) is 5.26 Å². The van der Waals surface area contributed by atoms with E-state index in [9.17, 15) is 14.9 Å². The van der Waals surface area contributed by atoms with Crippen LogP contribution in [0.2, 0.25) is 0 Å². The molecule has 0 saturated heterocycles. The van der Waals surface area contributed by atoms with E-state index in [1.54, 1.807) is 0 Å². The molecule has 5 nitrogen and oxygen atoms in total. The molecule has 0 aliphatic heterocycles. The van der Waals surface area contributed by atoms with Crippen LogP contribution in [0.4, 0.5) is 10.7 Å². The number of nitrogens with one attached hydrogen (secondary N) is 2. The first-order valence-corrected chi connectivity index (χ1v) is 12.3. The number of nitriles is 1. The molecule has 0 saturated carbocycles. The summed E-state index contributed by atoms with van der Waals surface area (Å²) < 4.78 is 0. The summed E-state index contributed by atoms with van der Waals surface area (Å²) in [5.74, 6) is 0.0228. The number of amides is 2. The minimum Gasteiger partial charge on any atom is -0.326 e. The molecule has 0 radical (unpaired) electrons. The zero-order valence-corrected chi connectivity index (χ0v) is 19.7. The number of benzene rings is 2. The number of carbonyl (C=O) groups is 2. The molecule has 0 bridgehead atoms. The van der Waals surface area contributed by atoms with Gasteiger partial charge in [-0.05, 0) is 37.1 Å². The third kappa shape index (κ3) is 6.46. The van der Waals surface area contributed by atoms with Gasteiger partial charge in [-0.2, -0.15) is 5.26 Å². The average molecular weight is 464 g/mol. The molecule has 7 heteroatoms. The lowest BCUT2D eigenvalue weighted by atomic mass is 10.0. The number of thioether (sulfide) groups is 1. The highest BCUT2D eigenvalue weighted by molar-refractivity contribution is 8.00. The van der Waals surface area contributed by atoms with Crippen LogP contribution in [-0.2, 0) is 9.59 Å². The molecule has 2 amide bonds. The maximum Gasteiger partial charge on any atom is 0.235 e. The molecule has 32 heavy (non-hydrogen) atoms. The highest BCUT2D eigenvalue weighted by Crippen LogP contribution is 2.35. The number of nitrogens with zero attached hydrogens (tertiary/aromatic N) is 1. The first-order valence-electron chi connectivity index (χ1n) is 10.4. The summed E-state index contributed by atoms with van der Waals surface area (Å²) in [7, 11) is 0. The maximum atomic E-state index is 12.5. The normalized spacial score (nSPS) is 10.4. The van der Waals surface area contributed by atoms with Crippen LogP contribution >= 0.6 is 23.1 Å². The Morgan fingerprint density at radius 1 is 1.09 bits per heavy atom. The lowest BCUT2D eigenvalue weighted by Crippen LogP contribution is -2.14. The zero-order valence-electron chi connectivity index (χ0n) is 18.1. The summed E-state index contributed by atoms with van der Waals surface area (Å²) in [4.78, 5) is 25.3. The van der Waals surface area contributed by atoms with Crippen LogP contribution in [0.5, 0.6) is 0 Å². The molecule has 164 valence electrons. The summed E-state index contributed by atoms with van der Waals surface area (Å²) in [6, 6.07) is 17.7. The number of anilines is 2. The summed E-state index contributed by atoms with van der Waals surface area (Å²) in [6.07, 6.45) is 2.34. The molecule has 0 atom stereocenters. The van der Waals surface area contributed by atoms with E-state index in [4.69, 9.17) is 0 Å². The monoisotopic (exact) mass is 463 g/mol. The van der Waals surface area contributed by atoms with Crippen molar-refractivity contribution < 1.29 is 9.59 Å². The first-order chi connectivity index (χ1) is 15.5. The number of carbonyl (C=O) groups excluding carboxylic acids is 2. The van der Waals surface area contributed by atoms with Crippen molar-refractivity contribution in [2.24, 2.45) is 0 Å². The van der Waals surface area contributed by atoms with Gasteiger partial charge in [0.25, 0.3) is 0 Å². The summed E-state index contributed by atoms with van der Waals surface area (Å²) in [6.45, 7) is 4.07. The quantitative estimate of drug-likeness (QED) is 0.357. The van der Waals surface area contributed by atoms with Crippen molar-refractivity contribution in [1.82, 2.24) is 0 Å². The van der Waals surface area contributed by atoms with E-state index in [1.165, 1.54) is 23.1 Å². The van der Waals surface area contributed by atoms with Gasteiger partial charge >= 0.3 is 0 Å². The average Bonchev–Trinajstić information content (AvgIpc) is 3.19. The van der Waals surface area contributed by atoms with Crippen molar-refractivity contribution >= 4 is 45.6 Å². The predicted molar refractivity (Wildman–Crippen MR) is 133 cm³/mol. The van der Waals surface area contributed by atoms with E-state index in [2.05, 4.69) is 23.6 Å². The number of rotatable bonds is 9. The Labute approximate surface area is 196 Å². The van der Waals surface area contributed by atoms with Gasteiger partial charge in [-0.15, -0.1) is 23.1 Å². The fraction of sp³-hybridized carbons (Fsp3) is 0.240. The first kappa shape index (κ1) is 23.6. The van der Waals surface area contributed by atoms with Crippen molar-refractivity contribution in [3.63, 3.8) is 0 Å². The lowest BCUT2D eigenvalue weighted by molar-refractivity contribution is -0.116. The molecule has 0 aliphatic carbocycles. The number of aryl methyl sites for hydroxylation is 1. The van der Waals surface area contributed by atoms with Crippen molar-refractivity contribution in [2.75, 3.05) is 16.4 Å². The van der Waals surface area contributed by atoms with Crippen LogP contribution in [0.25, 0.3) is 11.1 Å². The van der Waals surface area contributed by atoms with Gasteiger partial charge in [0.2, 0.25) is 11.8 Å². The Hall–Kier alpha value is -3.08. The zero-order chi connectivity index (χ0) is 22.9. The number of unbranched alkanes of at least 4 members (excludes halogenated alkanes) is 1. The van der Waals surface area contributed by atoms with Crippen LogP contribution in [0.15, 0.2) is 58.8 Å². The van der Waals surface area contributed by atoms with Crippen LogP contribution in [0.1, 0.15) is 37.3 Å². The van der Waals surface area contributed by atoms with E-state index < -0.39 is 0 Å². The van der Waals surface area contributed by atoms with Crippen LogP contribution in [0, 0.1) is 18.3 Å². The standard InChI is InChI=1S/C25H25N3O2S2/c1-3-4-8-23(29)27-19-6-5-7-20(13-19)31-16-24(30)28-25-21(14-26)22(15-32-25)18-11-9-17(2)10-12-18/h5-7,9-13,15H,3-4,8,16H2,1-2H3,(H,27,29)(H,28,30). The molecule has 3 aromatic rings. The molecule has 0 unspecified atom stereocenters. The molecule has 0 spiro atoms. The molecule has 2 N–H and O–H groups in total. The van der Waals surface area contributed by atoms with Gasteiger partial charge < -0.3 is 10.6 Å². The Kier molecular flexibility index (Phi) is 8.48. The fourth-order valence-corrected chi connectivity index (χ4v) is 4.73. The molecule has 1 heterocycles. The minimum atomic E-state index is -0.179. The smallest absolute Gasteiger partial charge is 0.235 e. The predicted octanol–water partition coefficient (Wildman–Crippen LogP) is 6.45. The van der Waals surface area contributed by atoms with E-state index in [0.29, 0.717) is 17.0 Å². The third-order valence-electron chi connectivity index (χ3n) is 4.76. The van der Waals surface area contributed by atoms with E-state index in [-0.39, 0.29) is 17.6 Å². The number of hydrogen-bond donors (Lipinski definition) is 2. The molecular formula is C25H25N3O2S2. The molecule has 0 fully saturated rings. The molecule has 3 rings (SSSR count). The molecule has 0 aliphatic rings. The van der Waals surface area contributed by atoms with Gasteiger partial charge in [0.15, 0.2) is 0 Å². The Balaban J connectivity index is 1.60. The molecule has 2 aromatic carbocycles. The largest absolute Gasteiger partial charge is 0.326 e. The maximum absolute atomic E-state index is 12.5. The van der Waals surface area contributed by atoms with Crippen LogP contribution in [-0.4, -0.2) is 17.6 Å². The second-order valence-electron chi connectivity index (χ2n) is 7.35. The second kappa shape index (κ2) is 11.5. The van der Waals surface area contributed by atoms with Crippen molar-refractivity contribution in [2.45, 2.75) is 38.0 Å². The number of hydrogen-bond acceptors (Lipinski definition) is 5. The summed E-state index contributed by atoms with van der Waals surface area (Å²) >= 11 is 2.74. The van der Waals surface area contributed by atoms with E-state index in [1.807, 2.05) is 60.8 Å². The Morgan fingerprint density at radius 2 is 1.88 bits per heavy atom. The topological polar surface area (TPSA) is 82.0 Å². The van der Waals surface area contributed by atoms with Gasteiger partial charge in [0, 0.05) is 27.9 Å².